The van der Waals surface area contributed by atoms with Gasteiger partial charge in [-0.1, -0.05) is 66.7 Å². The molecule has 0 bridgehead atoms. The smallest absolute Gasteiger partial charge is 0.343 e. The number of benzene rings is 5. The fourth-order valence-corrected chi connectivity index (χ4v) is 5.08. The Balaban J connectivity index is 1.25. The molecular weight excluding hydrogens is 554 g/mol. The van der Waals surface area contributed by atoms with Gasteiger partial charge in [-0.25, -0.2) is 10.2 Å². The SMILES string of the molecule is CCOc1cc(C=NNC(=O)c2[nH]c3c(ccc4ccccc43)c2-c2ccccc2)ccc1OC(=O)c1ccc(OC)cc1. The van der Waals surface area contributed by atoms with Crippen LogP contribution >= 0.6 is 0 Å². The number of amides is 1. The molecule has 0 aliphatic rings. The molecule has 44 heavy (non-hydrogen) atoms. The van der Waals surface area contributed by atoms with Crippen molar-refractivity contribution in [3.63, 3.8) is 0 Å². The lowest BCUT2D eigenvalue weighted by Gasteiger charge is -2.11. The molecule has 218 valence electrons. The summed E-state index contributed by atoms with van der Waals surface area (Å²) in [7, 11) is 1.56. The summed E-state index contributed by atoms with van der Waals surface area (Å²) >= 11 is 0. The van der Waals surface area contributed by atoms with Crippen molar-refractivity contribution < 1.29 is 23.8 Å². The number of H-pyrrole nitrogens is 1. The van der Waals surface area contributed by atoms with E-state index >= 15 is 0 Å². The molecule has 0 spiro atoms. The molecule has 0 aliphatic heterocycles. The molecule has 1 aromatic heterocycles. The maximum atomic E-state index is 13.5. The van der Waals surface area contributed by atoms with Crippen molar-refractivity contribution in [2.24, 2.45) is 5.10 Å². The molecule has 0 aliphatic carbocycles. The van der Waals surface area contributed by atoms with E-state index in [1.165, 1.54) is 6.21 Å². The summed E-state index contributed by atoms with van der Waals surface area (Å²) in [4.78, 5) is 29.6. The van der Waals surface area contributed by atoms with Crippen LogP contribution in [0.2, 0.25) is 0 Å². The third-order valence-corrected chi connectivity index (χ3v) is 7.16. The molecule has 0 atom stereocenters. The van der Waals surface area contributed by atoms with Crippen LogP contribution in [0.1, 0.15) is 33.3 Å². The summed E-state index contributed by atoms with van der Waals surface area (Å²) in [5, 5.41) is 7.28. The van der Waals surface area contributed by atoms with Gasteiger partial charge in [-0.3, -0.25) is 4.79 Å². The number of hydrazone groups is 1. The predicted molar refractivity (Wildman–Crippen MR) is 172 cm³/mol. The Bertz CT molecular complexity index is 2000. The zero-order chi connectivity index (χ0) is 30.5. The number of nitrogens with zero attached hydrogens (tertiary/aromatic N) is 1. The number of methoxy groups -OCH3 is 1. The van der Waals surface area contributed by atoms with Crippen LogP contribution in [0.5, 0.6) is 17.2 Å². The van der Waals surface area contributed by atoms with Crippen LogP contribution < -0.4 is 19.6 Å². The van der Waals surface area contributed by atoms with Crippen LogP contribution in [0.25, 0.3) is 32.8 Å². The number of rotatable bonds is 9. The Morgan fingerprint density at radius 3 is 2.39 bits per heavy atom. The van der Waals surface area contributed by atoms with E-state index in [-0.39, 0.29) is 11.7 Å². The van der Waals surface area contributed by atoms with Crippen molar-refractivity contribution >= 4 is 39.8 Å². The number of hydrogen-bond acceptors (Lipinski definition) is 6. The first-order chi connectivity index (χ1) is 21.6. The lowest BCUT2D eigenvalue weighted by Crippen LogP contribution is -2.18. The van der Waals surface area contributed by atoms with Crippen LogP contribution in [0.15, 0.2) is 114 Å². The van der Waals surface area contributed by atoms with Crippen molar-refractivity contribution in [2.45, 2.75) is 6.92 Å². The summed E-state index contributed by atoms with van der Waals surface area (Å²) in [6, 6.07) is 33.6. The summed E-state index contributed by atoms with van der Waals surface area (Å²) in [6.07, 6.45) is 1.51. The van der Waals surface area contributed by atoms with Crippen LogP contribution in [-0.2, 0) is 0 Å². The topological polar surface area (TPSA) is 102 Å². The minimum absolute atomic E-state index is 0.270. The molecule has 8 nitrogen and oxygen atoms in total. The summed E-state index contributed by atoms with van der Waals surface area (Å²) < 4.78 is 16.5. The highest BCUT2D eigenvalue weighted by atomic mass is 16.6. The molecule has 1 amide bonds. The molecule has 6 rings (SSSR count). The molecule has 0 saturated carbocycles. The van der Waals surface area contributed by atoms with E-state index in [9.17, 15) is 9.59 Å². The Hall–Kier alpha value is -5.89. The minimum atomic E-state index is -0.525. The summed E-state index contributed by atoms with van der Waals surface area (Å²) in [5.74, 6) is 0.379. The van der Waals surface area contributed by atoms with E-state index in [1.807, 2.05) is 67.6 Å². The second kappa shape index (κ2) is 12.5. The average Bonchev–Trinajstić information content (AvgIpc) is 3.47. The summed E-state index contributed by atoms with van der Waals surface area (Å²) in [6.45, 7) is 2.20. The number of carbonyl (C=O) groups excluding carboxylic acids is 2. The van der Waals surface area contributed by atoms with Crippen molar-refractivity contribution in [3.8, 4) is 28.4 Å². The highest BCUT2D eigenvalue weighted by Crippen LogP contribution is 2.36. The molecular formula is C36H29N3O5. The number of ether oxygens (including phenoxy) is 3. The van der Waals surface area contributed by atoms with E-state index in [1.54, 1.807) is 49.6 Å². The van der Waals surface area contributed by atoms with Gasteiger partial charge in [0, 0.05) is 16.3 Å². The number of esters is 1. The quantitative estimate of drug-likeness (QED) is 0.0800. The maximum absolute atomic E-state index is 13.5. The fourth-order valence-electron chi connectivity index (χ4n) is 5.08. The summed E-state index contributed by atoms with van der Waals surface area (Å²) in [5.41, 5.74) is 6.70. The number of carbonyl (C=O) groups is 2. The lowest BCUT2D eigenvalue weighted by molar-refractivity contribution is 0.0728. The van der Waals surface area contributed by atoms with E-state index in [4.69, 9.17) is 14.2 Å². The molecule has 5 aromatic carbocycles. The van der Waals surface area contributed by atoms with Crippen LogP contribution in [0.4, 0.5) is 0 Å². The van der Waals surface area contributed by atoms with Gasteiger partial charge in [0.15, 0.2) is 11.5 Å². The van der Waals surface area contributed by atoms with Crippen molar-refractivity contribution in [1.82, 2.24) is 10.4 Å². The first kappa shape index (κ1) is 28.2. The Kier molecular flexibility index (Phi) is 8.05. The number of aromatic nitrogens is 1. The van der Waals surface area contributed by atoms with Crippen molar-refractivity contribution in [2.75, 3.05) is 13.7 Å². The van der Waals surface area contributed by atoms with Crippen LogP contribution in [-0.4, -0.2) is 36.8 Å². The van der Waals surface area contributed by atoms with Gasteiger partial charge in [0.1, 0.15) is 11.4 Å². The molecule has 1 heterocycles. The lowest BCUT2D eigenvalue weighted by atomic mass is 9.99. The predicted octanol–water partition coefficient (Wildman–Crippen LogP) is 7.38. The third-order valence-electron chi connectivity index (χ3n) is 7.16. The first-order valence-corrected chi connectivity index (χ1v) is 14.1. The Morgan fingerprint density at radius 1 is 0.841 bits per heavy atom. The van der Waals surface area contributed by atoms with Crippen molar-refractivity contribution in [3.05, 3.63) is 126 Å². The highest BCUT2D eigenvalue weighted by Gasteiger charge is 2.20. The number of aromatic amines is 1. The molecule has 0 unspecified atom stereocenters. The fraction of sp³-hybridized carbons (Fsp3) is 0.0833. The molecule has 2 N–H and O–H groups in total. The first-order valence-electron chi connectivity index (χ1n) is 14.1. The second-order valence-corrected chi connectivity index (χ2v) is 9.91. The largest absolute Gasteiger partial charge is 0.497 e. The van der Waals surface area contributed by atoms with Crippen LogP contribution in [0.3, 0.4) is 0 Å². The second-order valence-electron chi connectivity index (χ2n) is 9.91. The Morgan fingerprint density at radius 2 is 1.61 bits per heavy atom. The highest BCUT2D eigenvalue weighted by molar-refractivity contribution is 6.16. The standard InChI is InChI=1S/C36H29N3O5/c1-3-43-31-21-23(13-20-30(31)44-36(41)26-14-17-27(42-2)18-15-26)22-37-39-35(40)34-32(25-10-5-4-6-11-25)29-19-16-24-9-7-8-12-28(24)33(29)38-34/h4-22,38H,3H2,1-2H3,(H,39,40). The molecule has 0 fully saturated rings. The van der Waals surface area contributed by atoms with Gasteiger partial charge in [-0.15, -0.1) is 0 Å². The van der Waals surface area contributed by atoms with Gasteiger partial charge in [0.05, 0.1) is 31.0 Å². The molecule has 0 radical (unpaired) electrons. The molecule has 6 aromatic rings. The van der Waals surface area contributed by atoms with Gasteiger partial charge in [-0.2, -0.15) is 5.10 Å². The van der Waals surface area contributed by atoms with E-state index in [2.05, 4.69) is 21.6 Å². The zero-order valence-electron chi connectivity index (χ0n) is 24.2. The van der Waals surface area contributed by atoms with E-state index < -0.39 is 5.97 Å². The maximum Gasteiger partial charge on any atom is 0.343 e. The van der Waals surface area contributed by atoms with Gasteiger partial charge in [-0.05, 0) is 65.9 Å². The average molecular weight is 584 g/mol. The Labute approximate surface area is 253 Å². The van der Waals surface area contributed by atoms with E-state index in [0.29, 0.717) is 34.9 Å². The number of fused-ring (bicyclic) bond motifs is 3. The van der Waals surface area contributed by atoms with Gasteiger partial charge < -0.3 is 19.2 Å². The molecule has 8 heteroatoms. The van der Waals surface area contributed by atoms with E-state index in [0.717, 1.165) is 32.8 Å². The number of hydrogen-bond donors (Lipinski definition) is 2. The normalized spacial score (nSPS) is 11.1. The third kappa shape index (κ3) is 5.73. The van der Waals surface area contributed by atoms with Gasteiger partial charge >= 0.3 is 5.97 Å². The van der Waals surface area contributed by atoms with Crippen molar-refractivity contribution in [1.29, 1.82) is 0 Å². The monoisotopic (exact) mass is 583 g/mol. The zero-order valence-corrected chi connectivity index (χ0v) is 24.2. The van der Waals surface area contributed by atoms with Gasteiger partial charge in [0.2, 0.25) is 0 Å². The minimum Gasteiger partial charge on any atom is -0.497 e. The van der Waals surface area contributed by atoms with Crippen LogP contribution in [0, 0.1) is 0 Å². The molecule has 0 saturated heterocycles. The van der Waals surface area contributed by atoms with Gasteiger partial charge in [0.25, 0.3) is 5.91 Å². The number of nitrogens with one attached hydrogen (secondary N) is 2.